The van der Waals surface area contributed by atoms with Crippen molar-refractivity contribution >= 4 is 25.5 Å². The number of phosphoric acid groups is 1. The Bertz CT molecular complexity index is 1520. The first-order chi connectivity index (χ1) is 30.7. The van der Waals surface area contributed by atoms with Crippen molar-refractivity contribution in [2.24, 2.45) is 17.6 Å². The molecule has 0 bridgehead atoms. The second kappa shape index (κ2) is 34.0. The number of unbranched alkanes of at least 4 members (excludes halogenated alkanes) is 14. The number of carbonyl (C=O) groups is 3. The van der Waals surface area contributed by atoms with Gasteiger partial charge >= 0.3 is 19.8 Å². The first kappa shape index (κ1) is 57.7. The Kier molecular flexibility index (Phi) is 30.6. The molecular formula is C49H86NO13P. The predicted octanol–water partition coefficient (Wildman–Crippen LogP) is 9.38. The molecule has 1 aromatic rings. The summed E-state index contributed by atoms with van der Waals surface area (Å²) in [6.45, 7) is 7.52. The Morgan fingerprint density at radius 3 is 1.92 bits per heavy atom. The fourth-order valence-electron chi connectivity index (χ4n) is 8.28. The highest BCUT2D eigenvalue weighted by molar-refractivity contribution is 7.47. The van der Waals surface area contributed by atoms with Crippen molar-refractivity contribution in [1.29, 1.82) is 0 Å². The van der Waals surface area contributed by atoms with Gasteiger partial charge in [0.2, 0.25) is 0 Å². The van der Waals surface area contributed by atoms with Crippen LogP contribution in [0.1, 0.15) is 191 Å². The molecule has 1 aliphatic rings. The first-order valence-corrected chi connectivity index (χ1v) is 26.2. The van der Waals surface area contributed by atoms with Crippen LogP contribution in [-0.2, 0) is 50.3 Å². The lowest BCUT2D eigenvalue weighted by molar-refractivity contribution is -0.161. The number of aliphatic hydroxyl groups is 3. The fraction of sp³-hybridized carbons (Fsp3) is 0.816. The monoisotopic (exact) mass is 928 g/mol. The van der Waals surface area contributed by atoms with E-state index in [1.807, 2.05) is 0 Å². The van der Waals surface area contributed by atoms with E-state index in [0.717, 1.165) is 70.0 Å². The van der Waals surface area contributed by atoms with Crippen LogP contribution in [0.2, 0.25) is 0 Å². The van der Waals surface area contributed by atoms with Crippen LogP contribution in [0.15, 0.2) is 16.6 Å². The zero-order valence-corrected chi connectivity index (χ0v) is 40.7. The molecule has 1 aliphatic carbocycles. The van der Waals surface area contributed by atoms with Gasteiger partial charge in [-0.05, 0) is 63.5 Å². The molecular weight excluding hydrogens is 842 g/mol. The lowest BCUT2D eigenvalue weighted by atomic mass is 9.87. The summed E-state index contributed by atoms with van der Waals surface area (Å²) in [4.78, 5) is 48.1. The normalized spacial score (nSPS) is 19.5. The van der Waals surface area contributed by atoms with E-state index >= 15 is 0 Å². The van der Waals surface area contributed by atoms with E-state index in [9.17, 15) is 39.2 Å². The number of aryl methyl sites for hydroxylation is 2. The molecule has 0 saturated heterocycles. The zero-order valence-electron chi connectivity index (χ0n) is 39.8. The van der Waals surface area contributed by atoms with Gasteiger partial charge in [0, 0.05) is 63.3 Å². The van der Waals surface area contributed by atoms with Gasteiger partial charge in [-0.3, -0.25) is 23.4 Å². The molecule has 0 spiro atoms. The molecule has 1 unspecified atom stereocenters. The molecule has 64 heavy (non-hydrogen) atoms. The van der Waals surface area contributed by atoms with E-state index < -0.39 is 69.2 Å². The number of aliphatic hydroxyl groups excluding tert-OH is 3. The number of esters is 2. The number of hydrogen-bond acceptors (Lipinski definition) is 13. The molecule has 1 aromatic heterocycles. The molecule has 1 heterocycles. The van der Waals surface area contributed by atoms with E-state index in [1.165, 1.54) is 61.8 Å². The maximum Gasteiger partial charge on any atom is 0.472 e. The third-order valence-electron chi connectivity index (χ3n) is 12.3. The van der Waals surface area contributed by atoms with Gasteiger partial charge in [-0.25, -0.2) is 4.57 Å². The summed E-state index contributed by atoms with van der Waals surface area (Å²) in [7, 11) is -4.48. The van der Waals surface area contributed by atoms with Gasteiger partial charge in [0.05, 0.1) is 31.5 Å². The van der Waals surface area contributed by atoms with Crippen LogP contribution < -0.4 is 5.73 Å². The molecule has 14 nitrogen and oxygen atoms in total. The number of Topliss-reactive ketones (excluding diaryl/α,β-unsaturated/α-hetero) is 1. The van der Waals surface area contributed by atoms with Crippen LogP contribution in [0.3, 0.4) is 0 Å². The second-order valence-corrected chi connectivity index (χ2v) is 19.3. The van der Waals surface area contributed by atoms with Gasteiger partial charge in [0.1, 0.15) is 23.9 Å². The summed E-state index contributed by atoms with van der Waals surface area (Å²) in [5.41, 5.74) is 8.00. The molecule has 0 aliphatic heterocycles. The number of rotatable bonds is 39. The molecule has 6 N–H and O–H groups in total. The minimum atomic E-state index is -4.48. The number of hydrogen-bond donors (Lipinski definition) is 5. The standard InChI is InChI=1S/C49H86NO13P/c1-5-7-17-23-39(51)29-30-42-43(45(54)34-44(42)53)33-40(52)24-21-22-27-48(55)59-35-41(36-61-64(57,58)60-32-31-50)62-49(56)28-20-16-14-12-10-9-11-13-15-19-26-47-38(4)37(3)46(63-47)25-18-8-6-2/h29-30,39,41-45,51,53-54H,5-28,31-36,50H2,1-4H3,(H,57,58)/b30-29+/t39-,41+,42+,43+,44+,45-/m0/s1. The Hall–Kier alpha value is -2.42. The Morgan fingerprint density at radius 2 is 1.30 bits per heavy atom. The largest absolute Gasteiger partial charge is 0.472 e. The number of ether oxygens (including phenoxy) is 2. The average Bonchev–Trinajstić information content (AvgIpc) is 3.68. The highest BCUT2D eigenvalue weighted by Crippen LogP contribution is 2.43. The van der Waals surface area contributed by atoms with Crippen LogP contribution in [0.5, 0.6) is 0 Å². The molecule has 1 fully saturated rings. The van der Waals surface area contributed by atoms with Gasteiger partial charge in [-0.15, -0.1) is 0 Å². The smallest absolute Gasteiger partial charge is 0.466 e. The highest BCUT2D eigenvalue weighted by atomic mass is 31.2. The number of phosphoric ester groups is 1. The van der Waals surface area contributed by atoms with Gasteiger partial charge in [0.15, 0.2) is 6.10 Å². The van der Waals surface area contributed by atoms with Crippen molar-refractivity contribution in [3.8, 4) is 0 Å². The molecule has 0 aromatic carbocycles. The van der Waals surface area contributed by atoms with Gasteiger partial charge in [0.25, 0.3) is 0 Å². The molecule has 0 radical (unpaired) electrons. The van der Waals surface area contributed by atoms with Crippen LogP contribution in [-0.4, -0.2) is 88.7 Å². The Morgan fingerprint density at radius 1 is 0.750 bits per heavy atom. The van der Waals surface area contributed by atoms with Crippen molar-refractivity contribution in [2.45, 2.75) is 219 Å². The maximum atomic E-state index is 12.9. The van der Waals surface area contributed by atoms with Crippen LogP contribution in [0.4, 0.5) is 0 Å². The maximum absolute atomic E-state index is 12.9. The number of ketones is 1. The van der Waals surface area contributed by atoms with Gasteiger partial charge < -0.3 is 39.8 Å². The number of carbonyl (C=O) groups excluding carboxylic acids is 3. The lowest BCUT2D eigenvalue weighted by Gasteiger charge is -2.20. The topological polar surface area (TPSA) is 225 Å². The summed E-state index contributed by atoms with van der Waals surface area (Å²) >= 11 is 0. The summed E-state index contributed by atoms with van der Waals surface area (Å²) in [5, 5.41) is 31.3. The summed E-state index contributed by atoms with van der Waals surface area (Å²) in [6.07, 6.45) is 21.2. The van der Waals surface area contributed by atoms with Crippen LogP contribution in [0, 0.1) is 25.7 Å². The van der Waals surface area contributed by atoms with Gasteiger partial charge in [-0.2, -0.15) is 0 Å². The molecule has 1 saturated carbocycles. The highest BCUT2D eigenvalue weighted by Gasteiger charge is 2.41. The zero-order chi connectivity index (χ0) is 47.2. The molecule has 15 heteroatoms. The van der Waals surface area contributed by atoms with E-state index in [-0.39, 0.29) is 51.0 Å². The van der Waals surface area contributed by atoms with Gasteiger partial charge in [-0.1, -0.05) is 109 Å². The average molecular weight is 928 g/mol. The minimum Gasteiger partial charge on any atom is -0.466 e. The summed E-state index contributed by atoms with van der Waals surface area (Å²) in [6, 6.07) is 0. The molecule has 7 atom stereocenters. The fourth-order valence-corrected chi connectivity index (χ4v) is 9.05. The SMILES string of the molecule is CCCCCc1oc(CCCCCCCCCCCCC(=O)O[C@H](COC(=O)CCCCC(=O)C[C@@H]2[C@@H](/C=C/[C@@H](O)CCCCC)[C@H](O)C[C@@H]2O)COP(=O)(O)OCCN)c(C)c1C. The summed E-state index contributed by atoms with van der Waals surface area (Å²) < 4.78 is 39.0. The van der Waals surface area contributed by atoms with Crippen molar-refractivity contribution in [2.75, 3.05) is 26.4 Å². The molecule has 370 valence electrons. The number of furan rings is 1. The van der Waals surface area contributed by atoms with E-state index in [2.05, 4.69) is 27.7 Å². The van der Waals surface area contributed by atoms with Crippen molar-refractivity contribution < 1.29 is 62.1 Å². The third-order valence-corrected chi connectivity index (χ3v) is 13.3. The first-order valence-electron chi connectivity index (χ1n) is 24.7. The summed E-state index contributed by atoms with van der Waals surface area (Å²) in [5.74, 6) is 0.214. The second-order valence-electron chi connectivity index (χ2n) is 17.9. The lowest BCUT2D eigenvalue weighted by Crippen LogP contribution is -2.29. The minimum absolute atomic E-state index is 0.00399. The van der Waals surface area contributed by atoms with Crippen molar-refractivity contribution in [3.05, 3.63) is 34.8 Å². The quantitative estimate of drug-likeness (QED) is 0.0180. The predicted molar refractivity (Wildman–Crippen MR) is 249 cm³/mol. The van der Waals surface area contributed by atoms with E-state index in [0.29, 0.717) is 25.7 Å². The van der Waals surface area contributed by atoms with E-state index in [1.54, 1.807) is 12.2 Å². The Labute approximate surface area is 384 Å². The Balaban J connectivity index is 1.66. The van der Waals surface area contributed by atoms with Crippen LogP contribution >= 0.6 is 7.82 Å². The third kappa shape index (κ3) is 24.9. The number of nitrogens with two attached hydrogens (primary N) is 1. The molecule has 2 rings (SSSR count). The van der Waals surface area contributed by atoms with Crippen molar-refractivity contribution in [1.82, 2.24) is 0 Å². The van der Waals surface area contributed by atoms with Crippen LogP contribution in [0.25, 0.3) is 0 Å². The van der Waals surface area contributed by atoms with Crippen molar-refractivity contribution in [3.63, 3.8) is 0 Å². The molecule has 0 amide bonds. The van der Waals surface area contributed by atoms with E-state index in [4.69, 9.17) is 28.7 Å².